The Kier molecular flexibility index (Phi) is 8.07. The first-order chi connectivity index (χ1) is 6.07. The van der Waals surface area contributed by atoms with Gasteiger partial charge in [0.05, 0.1) is 0 Å². The van der Waals surface area contributed by atoms with Crippen molar-refractivity contribution in [2.24, 2.45) is 11.8 Å². The Morgan fingerprint density at radius 1 is 1.08 bits per heavy atom. The zero-order chi connectivity index (χ0) is 10.3. The van der Waals surface area contributed by atoms with E-state index in [1.54, 1.807) is 7.11 Å². The minimum Gasteiger partial charge on any atom is -0.385 e. The fraction of sp³-hybridized carbons (Fsp3) is 1.00. The number of hydrogen-bond acceptors (Lipinski definition) is 1. The Hall–Kier alpha value is 0.440. The average Bonchev–Trinajstić information content (AvgIpc) is 2.10. The predicted molar refractivity (Wildman–Crippen MR) is 62.4 cm³/mol. The normalized spacial score (nSPS) is 16.2. The molecule has 80 valence electrons. The predicted octanol–water partition coefficient (Wildman–Crippen LogP) is 3.86. The van der Waals surface area contributed by atoms with Gasteiger partial charge in [-0.2, -0.15) is 0 Å². The Balaban J connectivity index is 3.40. The van der Waals surface area contributed by atoms with Crippen molar-refractivity contribution in [3.8, 4) is 0 Å². The summed E-state index contributed by atoms with van der Waals surface area (Å²) in [5.74, 6) is 1.54. The quantitative estimate of drug-likeness (QED) is 0.624. The van der Waals surface area contributed by atoms with Crippen LogP contribution in [0.4, 0.5) is 0 Å². The van der Waals surface area contributed by atoms with Crippen molar-refractivity contribution in [1.29, 1.82) is 0 Å². The molecule has 1 nitrogen and oxygen atoms in total. The third kappa shape index (κ3) is 7.51. The third-order valence-corrected chi connectivity index (χ3v) is 3.99. The molecule has 0 aromatic heterocycles. The lowest BCUT2D eigenvalue weighted by molar-refractivity contribution is 0.177. The molecule has 2 unspecified atom stereocenters. The van der Waals surface area contributed by atoms with Crippen LogP contribution >= 0.6 is 15.9 Å². The van der Waals surface area contributed by atoms with Crippen LogP contribution in [0.1, 0.15) is 40.0 Å². The number of methoxy groups -OCH3 is 1. The Labute approximate surface area is 91.4 Å². The van der Waals surface area contributed by atoms with Gasteiger partial charge in [0.1, 0.15) is 0 Å². The second kappa shape index (κ2) is 7.81. The van der Waals surface area contributed by atoms with Crippen LogP contribution < -0.4 is 0 Å². The minimum atomic E-state index is 0.678. The van der Waals surface area contributed by atoms with Gasteiger partial charge in [-0.15, -0.1) is 0 Å². The van der Waals surface area contributed by atoms with Crippen molar-refractivity contribution in [3.05, 3.63) is 0 Å². The first-order valence-electron chi connectivity index (χ1n) is 5.21. The monoisotopic (exact) mass is 250 g/mol. The van der Waals surface area contributed by atoms with Crippen LogP contribution in [0.2, 0.25) is 0 Å². The molecule has 0 heterocycles. The molecule has 0 saturated carbocycles. The lowest BCUT2D eigenvalue weighted by atomic mass is 9.97. The molecule has 0 aliphatic heterocycles. The summed E-state index contributed by atoms with van der Waals surface area (Å²) in [4.78, 5) is 0.678. The van der Waals surface area contributed by atoms with Gasteiger partial charge in [0, 0.05) is 18.5 Å². The van der Waals surface area contributed by atoms with Crippen LogP contribution in [-0.4, -0.2) is 18.5 Å². The molecule has 2 atom stereocenters. The highest BCUT2D eigenvalue weighted by Gasteiger charge is 2.10. The molecule has 0 amide bonds. The van der Waals surface area contributed by atoms with E-state index >= 15 is 0 Å². The summed E-state index contributed by atoms with van der Waals surface area (Å²) in [6.45, 7) is 7.73. The van der Waals surface area contributed by atoms with Gasteiger partial charge < -0.3 is 4.74 Å². The SMILES string of the molecule is COCCC(C)CCC(Br)C(C)C. The van der Waals surface area contributed by atoms with E-state index in [1.807, 2.05) is 0 Å². The van der Waals surface area contributed by atoms with E-state index in [0.29, 0.717) is 4.83 Å². The zero-order valence-electron chi connectivity index (χ0n) is 9.35. The van der Waals surface area contributed by atoms with Gasteiger partial charge >= 0.3 is 0 Å². The van der Waals surface area contributed by atoms with Gasteiger partial charge in [0.15, 0.2) is 0 Å². The minimum absolute atomic E-state index is 0.678. The Bertz CT molecular complexity index is 115. The molecular weight excluding hydrogens is 228 g/mol. The molecule has 0 aliphatic rings. The lowest BCUT2D eigenvalue weighted by Gasteiger charge is -2.16. The Morgan fingerprint density at radius 3 is 2.15 bits per heavy atom. The van der Waals surface area contributed by atoms with Crippen molar-refractivity contribution in [2.75, 3.05) is 13.7 Å². The van der Waals surface area contributed by atoms with E-state index in [0.717, 1.165) is 18.4 Å². The number of halogens is 1. The maximum Gasteiger partial charge on any atom is 0.0464 e. The summed E-state index contributed by atoms with van der Waals surface area (Å²) < 4.78 is 5.06. The number of hydrogen-bond donors (Lipinski definition) is 0. The van der Waals surface area contributed by atoms with Crippen LogP contribution in [0.3, 0.4) is 0 Å². The van der Waals surface area contributed by atoms with Gasteiger partial charge in [-0.1, -0.05) is 36.7 Å². The molecule has 0 spiro atoms. The second-order valence-corrected chi connectivity index (χ2v) is 5.40. The van der Waals surface area contributed by atoms with Crippen LogP contribution in [0.5, 0.6) is 0 Å². The number of rotatable bonds is 7. The van der Waals surface area contributed by atoms with Crippen LogP contribution in [0.25, 0.3) is 0 Å². The summed E-state index contributed by atoms with van der Waals surface area (Å²) in [5.41, 5.74) is 0. The molecule has 0 fully saturated rings. The van der Waals surface area contributed by atoms with E-state index < -0.39 is 0 Å². The number of alkyl halides is 1. The maximum absolute atomic E-state index is 5.06. The highest BCUT2D eigenvalue weighted by atomic mass is 79.9. The first-order valence-corrected chi connectivity index (χ1v) is 6.12. The topological polar surface area (TPSA) is 9.23 Å². The molecule has 0 aliphatic carbocycles. The van der Waals surface area contributed by atoms with Crippen LogP contribution in [0, 0.1) is 11.8 Å². The standard InChI is InChI=1S/C11H23BrO/c1-9(2)11(12)6-5-10(3)7-8-13-4/h9-11H,5-8H2,1-4H3. The fourth-order valence-electron chi connectivity index (χ4n) is 1.24. The van der Waals surface area contributed by atoms with E-state index in [1.165, 1.54) is 19.3 Å². The van der Waals surface area contributed by atoms with Crippen molar-refractivity contribution >= 4 is 15.9 Å². The molecule has 0 rings (SSSR count). The summed E-state index contributed by atoms with van der Waals surface area (Å²) >= 11 is 3.71. The highest BCUT2D eigenvalue weighted by molar-refractivity contribution is 9.09. The molecule has 0 bridgehead atoms. The molecule has 0 N–H and O–H groups in total. The van der Waals surface area contributed by atoms with Crippen LogP contribution in [-0.2, 0) is 4.74 Å². The fourth-order valence-corrected chi connectivity index (χ4v) is 1.50. The Morgan fingerprint density at radius 2 is 1.69 bits per heavy atom. The molecule has 0 radical (unpaired) electrons. The van der Waals surface area contributed by atoms with Crippen molar-refractivity contribution < 1.29 is 4.74 Å². The summed E-state index contributed by atoms with van der Waals surface area (Å²) in [5, 5.41) is 0. The molecular formula is C11H23BrO. The van der Waals surface area contributed by atoms with Crippen molar-refractivity contribution in [1.82, 2.24) is 0 Å². The lowest BCUT2D eigenvalue weighted by Crippen LogP contribution is -2.09. The second-order valence-electron chi connectivity index (χ2n) is 4.22. The van der Waals surface area contributed by atoms with E-state index in [9.17, 15) is 0 Å². The molecule has 0 aromatic rings. The highest BCUT2D eigenvalue weighted by Crippen LogP contribution is 2.21. The van der Waals surface area contributed by atoms with Gasteiger partial charge in [-0.3, -0.25) is 0 Å². The van der Waals surface area contributed by atoms with E-state index in [2.05, 4.69) is 36.7 Å². The summed E-state index contributed by atoms with van der Waals surface area (Å²) in [6, 6.07) is 0. The maximum atomic E-state index is 5.06. The van der Waals surface area contributed by atoms with Gasteiger partial charge in [0.25, 0.3) is 0 Å². The van der Waals surface area contributed by atoms with E-state index in [-0.39, 0.29) is 0 Å². The zero-order valence-corrected chi connectivity index (χ0v) is 10.9. The van der Waals surface area contributed by atoms with Gasteiger partial charge in [-0.25, -0.2) is 0 Å². The molecule has 13 heavy (non-hydrogen) atoms. The van der Waals surface area contributed by atoms with Gasteiger partial charge in [-0.05, 0) is 31.1 Å². The van der Waals surface area contributed by atoms with Gasteiger partial charge in [0.2, 0.25) is 0 Å². The summed E-state index contributed by atoms with van der Waals surface area (Å²) in [7, 11) is 1.77. The molecule has 2 heteroatoms. The van der Waals surface area contributed by atoms with Crippen molar-refractivity contribution in [3.63, 3.8) is 0 Å². The first kappa shape index (κ1) is 13.4. The third-order valence-electron chi connectivity index (χ3n) is 2.47. The van der Waals surface area contributed by atoms with Crippen LogP contribution in [0.15, 0.2) is 0 Å². The smallest absolute Gasteiger partial charge is 0.0464 e. The summed E-state index contributed by atoms with van der Waals surface area (Å²) in [6.07, 6.45) is 3.77. The average molecular weight is 251 g/mol. The van der Waals surface area contributed by atoms with Crippen molar-refractivity contribution in [2.45, 2.75) is 44.9 Å². The molecule has 0 saturated heterocycles. The number of ether oxygens (including phenoxy) is 1. The largest absolute Gasteiger partial charge is 0.385 e. The molecule has 0 aromatic carbocycles. The van der Waals surface area contributed by atoms with E-state index in [4.69, 9.17) is 4.74 Å².